The Morgan fingerprint density at radius 2 is 1.11 bits per heavy atom. The van der Waals surface area contributed by atoms with E-state index in [1.807, 2.05) is 56.3 Å². The van der Waals surface area contributed by atoms with Gasteiger partial charge in [0.1, 0.15) is 67.6 Å². The van der Waals surface area contributed by atoms with Crippen LogP contribution in [-0.2, 0) is 49.1 Å². The number of aliphatic carboxylic acids is 2. The van der Waals surface area contributed by atoms with Crippen molar-refractivity contribution in [3.63, 3.8) is 0 Å². The zero-order valence-corrected chi connectivity index (χ0v) is 41.2. The standard InChI is InChI=1S/C53H54Cl2N6O10/c1-30-38(28-70-48-16-46(68-26-36-12-34(18-56)20-58-22-36)40(14-44(48)54)24-60-50(32(3)62)52(64)65)8-6-10-42(30)43-11-7-9-39(31(43)2)29-71-49-17-47(69-27-37-13-35(19-57-5)21-59-23-37)41(15-45(49)55)25-61-51(33(4)63)53(66)67/h6-17,19-23,32-33,50-51,60-63H,24-29H2,1-5H3,(H,64,65)(H,66,67)/b57-19+/t32-,33-,50-,51-/m0/s1. The number of carboxylic acids is 2. The first-order valence-corrected chi connectivity index (χ1v) is 23.1. The van der Waals surface area contributed by atoms with Gasteiger partial charge in [0.15, 0.2) is 0 Å². The molecule has 370 valence electrons. The van der Waals surface area contributed by atoms with Crippen LogP contribution >= 0.6 is 23.2 Å². The monoisotopic (exact) mass is 1000 g/mol. The molecule has 0 unspecified atom stereocenters. The van der Waals surface area contributed by atoms with Crippen LogP contribution < -0.4 is 29.6 Å². The lowest BCUT2D eigenvalue weighted by Gasteiger charge is -2.20. The van der Waals surface area contributed by atoms with Crippen LogP contribution in [0, 0.1) is 25.2 Å². The highest BCUT2D eigenvalue weighted by Crippen LogP contribution is 2.37. The van der Waals surface area contributed by atoms with E-state index in [2.05, 4.69) is 31.7 Å². The predicted molar refractivity (Wildman–Crippen MR) is 268 cm³/mol. The summed E-state index contributed by atoms with van der Waals surface area (Å²) in [6.45, 7) is 7.26. The van der Waals surface area contributed by atoms with E-state index in [1.54, 1.807) is 62.2 Å². The summed E-state index contributed by atoms with van der Waals surface area (Å²) in [5.74, 6) is -1.04. The number of carboxylic acid groups (broad SMARTS) is 2. The lowest BCUT2D eigenvalue weighted by Crippen LogP contribution is -2.44. The number of aromatic nitrogens is 2. The van der Waals surface area contributed by atoms with Crippen molar-refractivity contribution in [2.24, 2.45) is 4.99 Å². The maximum absolute atomic E-state index is 11.8. The van der Waals surface area contributed by atoms with Crippen LogP contribution in [-0.4, -0.2) is 79.9 Å². The van der Waals surface area contributed by atoms with E-state index in [-0.39, 0.29) is 49.6 Å². The number of pyridine rings is 2. The fraction of sp³-hybridized carbons (Fsp3) is 0.283. The quantitative estimate of drug-likeness (QED) is 0.0314. The number of carbonyl (C=O) groups is 2. The van der Waals surface area contributed by atoms with Gasteiger partial charge < -0.3 is 39.4 Å². The molecule has 0 spiro atoms. The van der Waals surface area contributed by atoms with Gasteiger partial charge in [0.25, 0.3) is 0 Å². The number of nitriles is 1. The first-order chi connectivity index (χ1) is 34.1. The van der Waals surface area contributed by atoms with Crippen molar-refractivity contribution in [2.75, 3.05) is 7.05 Å². The molecule has 0 fully saturated rings. The van der Waals surface area contributed by atoms with E-state index >= 15 is 0 Å². The maximum Gasteiger partial charge on any atom is 0.323 e. The van der Waals surface area contributed by atoms with Crippen molar-refractivity contribution in [1.29, 1.82) is 5.26 Å². The summed E-state index contributed by atoms with van der Waals surface area (Å²) in [6.07, 6.45) is 5.71. The van der Waals surface area contributed by atoms with Crippen molar-refractivity contribution < 1.29 is 49.0 Å². The Morgan fingerprint density at radius 3 is 1.55 bits per heavy atom. The van der Waals surface area contributed by atoms with E-state index in [0.29, 0.717) is 45.3 Å². The highest BCUT2D eigenvalue weighted by molar-refractivity contribution is 6.32. The molecule has 0 saturated heterocycles. The van der Waals surface area contributed by atoms with Crippen LogP contribution in [0.2, 0.25) is 10.0 Å². The van der Waals surface area contributed by atoms with Crippen LogP contribution in [0.15, 0.2) is 103 Å². The molecular weight excluding hydrogens is 952 g/mol. The summed E-state index contributed by atoms with van der Waals surface area (Å²) in [5.41, 5.74) is 9.26. The molecule has 0 saturated carbocycles. The summed E-state index contributed by atoms with van der Waals surface area (Å²) >= 11 is 13.6. The number of benzene rings is 4. The first kappa shape index (κ1) is 53.3. The smallest absolute Gasteiger partial charge is 0.323 e. The van der Waals surface area contributed by atoms with Gasteiger partial charge in [0.2, 0.25) is 0 Å². The second-order valence-corrected chi connectivity index (χ2v) is 17.5. The summed E-state index contributed by atoms with van der Waals surface area (Å²) in [5, 5.41) is 55.1. The fourth-order valence-corrected chi connectivity index (χ4v) is 8.10. The number of ether oxygens (including phenoxy) is 4. The lowest BCUT2D eigenvalue weighted by atomic mass is 9.92. The Morgan fingerprint density at radius 1 is 0.662 bits per heavy atom. The second-order valence-electron chi connectivity index (χ2n) is 16.7. The van der Waals surface area contributed by atoms with Gasteiger partial charge in [-0.1, -0.05) is 59.6 Å². The summed E-state index contributed by atoms with van der Waals surface area (Å²) < 4.78 is 25.2. The van der Waals surface area contributed by atoms with Crippen molar-refractivity contribution in [1.82, 2.24) is 20.6 Å². The van der Waals surface area contributed by atoms with E-state index in [4.69, 9.17) is 42.1 Å². The van der Waals surface area contributed by atoms with Gasteiger partial charge in [0.05, 0.1) is 27.8 Å². The SMILES string of the molecule is C/N=C/c1cncc(COc2cc(OCc3cccc(-c4cccc(COc5cc(OCc6cncc(C#N)c6)c(CN[C@H](C(=O)O)[C@H](C)O)cc5Cl)c4C)c3C)c(Cl)cc2CN[C@H](C(=O)O)[C@H](C)O)c1. The molecule has 16 nitrogen and oxygen atoms in total. The van der Waals surface area contributed by atoms with Gasteiger partial charge in [-0.3, -0.25) is 35.2 Å². The Hall–Kier alpha value is -7.10. The Kier molecular flexibility index (Phi) is 18.9. The molecule has 6 N–H and O–H groups in total. The number of rotatable bonds is 24. The molecule has 0 bridgehead atoms. The Labute approximate surface area is 421 Å². The molecule has 0 radical (unpaired) electrons. The molecule has 6 rings (SSSR count). The Balaban J connectivity index is 1.21. The van der Waals surface area contributed by atoms with Gasteiger partial charge in [0, 0.05) is 91.1 Å². The van der Waals surface area contributed by atoms with Crippen LogP contribution in [0.1, 0.15) is 69.5 Å². The lowest BCUT2D eigenvalue weighted by molar-refractivity contribution is -0.143. The number of aliphatic imine (C=N–C) groups is 1. The molecule has 0 aliphatic heterocycles. The minimum Gasteiger partial charge on any atom is -0.488 e. The van der Waals surface area contributed by atoms with Crippen LogP contribution in [0.3, 0.4) is 0 Å². The highest BCUT2D eigenvalue weighted by atomic mass is 35.5. The molecule has 2 heterocycles. The third-order valence-electron chi connectivity index (χ3n) is 11.5. The molecule has 71 heavy (non-hydrogen) atoms. The number of nitrogens with one attached hydrogen (secondary N) is 2. The van der Waals surface area contributed by atoms with Gasteiger partial charge in [-0.05, 0) is 85.3 Å². The van der Waals surface area contributed by atoms with Crippen molar-refractivity contribution in [2.45, 2.75) is 91.5 Å². The topological polar surface area (TPSA) is 238 Å². The van der Waals surface area contributed by atoms with E-state index in [0.717, 1.165) is 44.5 Å². The number of halogens is 2. The van der Waals surface area contributed by atoms with E-state index < -0.39 is 36.2 Å². The molecule has 0 aliphatic rings. The second kappa shape index (κ2) is 25.1. The molecule has 4 atom stereocenters. The van der Waals surface area contributed by atoms with E-state index in [9.17, 15) is 35.3 Å². The van der Waals surface area contributed by atoms with Crippen LogP contribution in [0.25, 0.3) is 11.1 Å². The minimum atomic E-state index is -1.25. The van der Waals surface area contributed by atoms with Crippen molar-refractivity contribution in [3.8, 4) is 40.2 Å². The van der Waals surface area contributed by atoms with Crippen LogP contribution in [0.4, 0.5) is 0 Å². The average molecular weight is 1010 g/mol. The number of hydrogen-bond acceptors (Lipinski definition) is 14. The minimum absolute atomic E-state index is 0.00365. The number of nitrogens with zero attached hydrogens (tertiary/aromatic N) is 4. The Bertz CT molecular complexity index is 2930. The van der Waals surface area contributed by atoms with Gasteiger partial charge in [-0.25, -0.2) is 0 Å². The molecule has 4 aromatic carbocycles. The van der Waals surface area contributed by atoms with Crippen LogP contribution in [0.5, 0.6) is 23.0 Å². The van der Waals surface area contributed by atoms with Crippen molar-refractivity contribution in [3.05, 3.63) is 163 Å². The normalized spacial score (nSPS) is 13.0. The molecule has 0 aliphatic carbocycles. The third-order valence-corrected chi connectivity index (χ3v) is 12.1. The zero-order valence-electron chi connectivity index (χ0n) is 39.7. The van der Waals surface area contributed by atoms with E-state index in [1.165, 1.54) is 20.0 Å². The molecule has 18 heteroatoms. The third kappa shape index (κ3) is 14.3. The average Bonchev–Trinajstić information content (AvgIpc) is 3.33. The van der Waals surface area contributed by atoms with Gasteiger partial charge >= 0.3 is 11.9 Å². The van der Waals surface area contributed by atoms with Gasteiger partial charge in [-0.2, -0.15) is 5.26 Å². The number of hydrogen-bond donors (Lipinski definition) is 6. The molecule has 2 aromatic heterocycles. The predicted octanol–water partition coefficient (Wildman–Crippen LogP) is 8.15. The first-order valence-electron chi connectivity index (χ1n) is 22.4. The van der Waals surface area contributed by atoms with Gasteiger partial charge in [-0.15, -0.1) is 0 Å². The summed E-state index contributed by atoms with van der Waals surface area (Å²) in [6, 6.07) is 21.6. The largest absolute Gasteiger partial charge is 0.488 e. The summed E-state index contributed by atoms with van der Waals surface area (Å²) in [4.78, 5) is 36.1. The zero-order chi connectivity index (χ0) is 51.2. The molecule has 6 aromatic rings. The maximum atomic E-state index is 11.8. The molecular formula is C53H54Cl2N6O10. The summed E-state index contributed by atoms with van der Waals surface area (Å²) in [7, 11) is 1.67. The molecule has 0 amide bonds. The van der Waals surface area contributed by atoms with Crippen molar-refractivity contribution >= 4 is 41.4 Å². The fourth-order valence-electron chi connectivity index (χ4n) is 7.62. The number of aliphatic hydroxyl groups is 2. The number of aliphatic hydroxyl groups excluding tert-OH is 2. The highest BCUT2D eigenvalue weighted by Gasteiger charge is 2.25.